The molecular formula is C38H34N4O5S2. The van der Waals surface area contributed by atoms with E-state index in [1.54, 1.807) is 54.8 Å². The van der Waals surface area contributed by atoms with Gasteiger partial charge >= 0.3 is 5.97 Å². The van der Waals surface area contributed by atoms with Gasteiger partial charge in [-0.3, -0.25) is 19.2 Å². The van der Waals surface area contributed by atoms with Crippen LogP contribution < -0.4 is 16.0 Å². The topological polar surface area (TPSA) is 126 Å². The van der Waals surface area contributed by atoms with E-state index in [1.165, 1.54) is 23.1 Å². The fourth-order valence-corrected chi connectivity index (χ4v) is 6.44. The maximum absolute atomic E-state index is 13.5. The van der Waals surface area contributed by atoms with Crippen molar-refractivity contribution in [1.29, 1.82) is 0 Å². The molecule has 9 nitrogen and oxygen atoms in total. The lowest BCUT2D eigenvalue weighted by atomic mass is 10.1. The van der Waals surface area contributed by atoms with Gasteiger partial charge in [0.15, 0.2) is 5.13 Å². The molecule has 49 heavy (non-hydrogen) atoms. The molecule has 0 aliphatic carbocycles. The van der Waals surface area contributed by atoms with Gasteiger partial charge in [0, 0.05) is 21.5 Å². The van der Waals surface area contributed by atoms with E-state index in [0.29, 0.717) is 22.1 Å². The monoisotopic (exact) mass is 690 g/mol. The molecular weight excluding hydrogens is 657 g/mol. The number of aryl methyl sites for hydroxylation is 1. The van der Waals surface area contributed by atoms with Crippen molar-refractivity contribution >= 4 is 63.7 Å². The Labute approximate surface area is 292 Å². The predicted molar refractivity (Wildman–Crippen MR) is 194 cm³/mol. The zero-order chi connectivity index (χ0) is 34.6. The lowest BCUT2D eigenvalue weighted by molar-refractivity contribution is -0.142. The molecule has 0 bridgehead atoms. The molecule has 3 amide bonds. The van der Waals surface area contributed by atoms with Crippen LogP contribution in [0.25, 0.3) is 6.08 Å². The van der Waals surface area contributed by atoms with Gasteiger partial charge in [-0.05, 0) is 67.4 Å². The lowest BCUT2D eigenvalue weighted by Crippen LogP contribution is -2.30. The number of hydrogen-bond donors (Lipinski definition) is 3. The van der Waals surface area contributed by atoms with Crippen LogP contribution in [-0.2, 0) is 25.5 Å². The van der Waals surface area contributed by atoms with Crippen LogP contribution in [0.3, 0.4) is 0 Å². The highest BCUT2D eigenvalue weighted by molar-refractivity contribution is 8.00. The van der Waals surface area contributed by atoms with Crippen molar-refractivity contribution in [1.82, 2.24) is 10.3 Å². The summed E-state index contributed by atoms with van der Waals surface area (Å²) in [6.07, 6.45) is 1.67. The summed E-state index contributed by atoms with van der Waals surface area (Å²) in [6, 6.07) is 32.8. The summed E-state index contributed by atoms with van der Waals surface area (Å²) in [5.41, 5.74) is 4.13. The van der Waals surface area contributed by atoms with E-state index < -0.39 is 17.1 Å². The van der Waals surface area contributed by atoms with Crippen LogP contribution in [0.1, 0.15) is 44.9 Å². The number of rotatable bonds is 13. The summed E-state index contributed by atoms with van der Waals surface area (Å²) < 4.78 is 4.99. The summed E-state index contributed by atoms with van der Waals surface area (Å²) >= 11 is 2.58. The van der Waals surface area contributed by atoms with Crippen LogP contribution in [0.15, 0.2) is 125 Å². The molecule has 5 aromatic rings. The van der Waals surface area contributed by atoms with Crippen molar-refractivity contribution in [3.05, 3.63) is 148 Å². The zero-order valence-corrected chi connectivity index (χ0v) is 28.5. The van der Waals surface area contributed by atoms with Gasteiger partial charge in [0.25, 0.3) is 11.8 Å². The van der Waals surface area contributed by atoms with Gasteiger partial charge in [-0.2, -0.15) is 0 Å². The number of esters is 1. The first-order valence-corrected chi connectivity index (χ1v) is 17.2. The van der Waals surface area contributed by atoms with Gasteiger partial charge in [-0.25, -0.2) is 4.98 Å². The average Bonchev–Trinajstić information content (AvgIpc) is 3.54. The standard InChI is InChI=1S/C38H34N4O5S2/c1-3-47-33(43)23-30-24-48-38(40-30)42-37(46)34(27-13-6-4-7-14-27)49-31-19-17-29(18-20-31)39-36(45)32(22-26-12-10-11-25(2)21-26)41-35(44)28-15-8-5-9-16-28/h4-22,24,34H,3,23H2,1-2H3,(H,39,45)(H,41,44)(H,40,42,46)/b32-22-. The van der Waals surface area contributed by atoms with Crippen molar-refractivity contribution in [2.75, 3.05) is 17.2 Å². The third-order valence-electron chi connectivity index (χ3n) is 7.00. The summed E-state index contributed by atoms with van der Waals surface area (Å²) in [5.74, 6) is -1.54. The smallest absolute Gasteiger partial charge is 0.311 e. The number of benzene rings is 4. The van der Waals surface area contributed by atoms with Crippen LogP contribution in [-0.4, -0.2) is 35.3 Å². The van der Waals surface area contributed by atoms with Gasteiger partial charge in [0.2, 0.25) is 5.91 Å². The summed E-state index contributed by atoms with van der Waals surface area (Å²) in [5, 5.41) is 10.0. The van der Waals surface area contributed by atoms with Gasteiger partial charge in [0.1, 0.15) is 10.9 Å². The molecule has 1 aromatic heterocycles. The van der Waals surface area contributed by atoms with E-state index in [2.05, 4.69) is 20.9 Å². The number of ether oxygens (including phenoxy) is 1. The van der Waals surface area contributed by atoms with Crippen LogP contribution in [0.2, 0.25) is 0 Å². The van der Waals surface area contributed by atoms with E-state index in [9.17, 15) is 19.2 Å². The van der Waals surface area contributed by atoms with Crippen molar-refractivity contribution in [3.8, 4) is 0 Å². The SMILES string of the molecule is CCOC(=O)Cc1csc(NC(=O)C(Sc2ccc(NC(=O)/C(=C/c3cccc(C)c3)NC(=O)c3ccccc3)cc2)c2ccccc2)n1. The number of nitrogens with zero attached hydrogens (tertiary/aromatic N) is 1. The first kappa shape index (κ1) is 34.8. The molecule has 0 aliphatic heterocycles. The Kier molecular flexibility index (Phi) is 12.1. The maximum atomic E-state index is 13.5. The van der Waals surface area contributed by atoms with Gasteiger partial charge in [-0.1, -0.05) is 78.4 Å². The number of nitrogens with one attached hydrogen (secondary N) is 3. The Morgan fingerprint density at radius 3 is 2.29 bits per heavy atom. The van der Waals surface area contributed by atoms with E-state index in [4.69, 9.17) is 4.74 Å². The molecule has 1 heterocycles. The number of thiazole rings is 1. The number of carbonyl (C=O) groups excluding carboxylic acids is 4. The van der Waals surface area contributed by atoms with Crippen LogP contribution in [0.5, 0.6) is 0 Å². The highest BCUT2D eigenvalue weighted by Crippen LogP contribution is 2.37. The van der Waals surface area contributed by atoms with Gasteiger partial charge < -0.3 is 20.7 Å². The fourth-order valence-electron chi connectivity index (χ4n) is 4.70. The minimum Gasteiger partial charge on any atom is -0.466 e. The number of anilines is 2. The molecule has 3 N–H and O–H groups in total. The van der Waals surface area contributed by atoms with E-state index in [1.807, 2.05) is 79.7 Å². The first-order valence-electron chi connectivity index (χ1n) is 15.5. The van der Waals surface area contributed by atoms with Gasteiger partial charge in [-0.15, -0.1) is 23.1 Å². The quantitative estimate of drug-likeness (QED) is 0.0666. The molecule has 248 valence electrons. The summed E-state index contributed by atoms with van der Waals surface area (Å²) in [7, 11) is 0. The van der Waals surface area contributed by atoms with Crippen molar-refractivity contribution in [2.24, 2.45) is 0 Å². The number of carbonyl (C=O) groups is 4. The summed E-state index contributed by atoms with van der Waals surface area (Å²) in [4.78, 5) is 57.0. The second kappa shape index (κ2) is 17.0. The van der Waals surface area contributed by atoms with Crippen molar-refractivity contribution in [3.63, 3.8) is 0 Å². The van der Waals surface area contributed by atoms with Crippen molar-refractivity contribution < 1.29 is 23.9 Å². The molecule has 0 aliphatic rings. The zero-order valence-electron chi connectivity index (χ0n) is 26.8. The Morgan fingerprint density at radius 1 is 0.878 bits per heavy atom. The van der Waals surface area contributed by atoms with Crippen LogP contribution >= 0.6 is 23.1 Å². The number of hydrogen-bond acceptors (Lipinski definition) is 8. The lowest BCUT2D eigenvalue weighted by Gasteiger charge is -2.17. The normalized spacial score (nSPS) is 11.7. The van der Waals surface area contributed by atoms with Crippen molar-refractivity contribution in [2.45, 2.75) is 30.4 Å². The molecule has 0 radical (unpaired) electrons. The maximum Gasteiger partial charge on any atom is 0.311 e. The third-order valence-corrected chi connectivity index (χ3v) is 9.07. The molecule has 0 saturated carbocycles. The Bertz CT molecular complexity index is 1940. The Morgan fingerprint density at radius 2 is 1.59 bits per heavy atom. The molecule has 0 spiro atoms. The number of aromatic nitrogens is 1. The average molecular weight is 691 g/mol. The molecule has 5 rings (SSSR count). The molecule has 0 saturated heterocycles. The molecule has 11 heteroatoms. The number of amides is 3. The second-order valence-electron chi connectivity index (χ2n) is 10.8. The van der Waals surface area contributed by atoms with Crippen LogP contribution in [0, 0.1) is 6.92 Å². The fraction of sp³-hybridized carbons (Fsp3) is 0.132. The molecule has 1 unspecified atom stereocenters. The second-order valence-corrected chi connectivity index (χ2v) is 12.8. The molecule has 0 fully saturated rings. The third kappa shape index (κ3) is 10.2. The largest absolute Gasteiger partial charge is 0.466 e. The Balaban J connectivity index is 1.29. The van der Waals surface area contributed by atoms with E-state index >= 15 is 0 Å². The number of thioether (sulfide) groups is 1. The highest BCUT2D eigenvalue weighted by atomic mass is 32.2. The predicted octanol–water partition coefficient (Wildman–Crippen LogP) is 7.44. The van der Waals surface area contributed by atoms with Gasteiger partial charge in [0.05, 0.1) is 18.7 Å². The van der Waals surface area contributed by atoms with Crippen LogP contribution in [0.4, 0.5) is 10.8 Å². The molecule has 4 aromatic carbocycles. The van der Waals surface area contributed by atoms with E-state index in [-0.39, 0.29) is 30.6 Å². The first-order chi connectivity index (χ1) is 23.8. The minimum atomic E-state index is -0.615. The highest BCUT2D eigenvalue weighted by Gasteiger charge is 2.24. The minimum absolute atomic E-state index is 0.0303. The summed E-state index contributed by atoms with van der Waals surface area (Å²) in [6.45, 7) is 3.98. The van der Waals surface area contributed by atoms with E-state index in [0.717, 1.165) is 21.6 Å². The Hall–Kier alpha value is -5.52. The molecule has 1 atom stereocenters.